The van der Waals surface area contributed by atoms with Crippen molar-refractivity contribution in [2.75, 3.05) is 18.1 Å². The molecule has 2 heterocycles. The molecule has 0 bridgehead atoms. The number of carbonyl (C=O) groups excluding carboxylic acids is 2. The van der Waals surface area contributed by atoms with Gasteiger partial charge in [0, 0.05) is 18.6 Å². The van der Waals surface area contributed by atoms with Crippen molar-refractivity contribution in [3.05, 3.63) is 35.4 Å². The number of nitrogens with two attached hydrogens (primary N) is 1. The first kappa shape index (κ1) is 21.3. The standard InChI is InChI=1S/C22H31N3O4S/c23-22(27)20-12-16-6-4-5-7-17(16)13-24(20)14-21(26)25(18-8-2-1-3-9-18)19-10-11-30(28,29)15-19/h4-7,18-20H,1-3,8-15H2,(H2,23,27)/t19-,20-/m0/s1. The maximum Gasteiger partial charge on any atom is 0.237 e. The molecule has 1 aromatic rings. The fraction of sp³-hybridized carbons (Fsp3) is 0.636. The molecule has 3 aliphatic rings. The molecular formula is C22H31N3O4S. The first-order valence-electron chi connectivity index (χ1n) is 11.0. The Bertz CT molecular complexity index is 911. The Hall–Kier alpha value is -1.93. The number of amides is 2. The Morgan fingerprint density at radius 1 is 1.03 bits per heavy atom. The molecule has 2 fully saturated rings. The molecule has 1 aliphatic carbocycles. The summed E-state index contributed by atoms with van der Waals surface area (Å²) in [6, 6.07) is 7.24. The summed E-state index contributed by atoms with van der Waals surface area (Å²) in [6.07, 6.45) is 6.14. The third kappa shape index (κ3) is 4.54. The molecule has 0 radical (unpaired) electrons. The van der Waals surface area contributed by atoms with Crippen LogP contribution in [-0.4, -0.2) is 66.2 Å². The van der Waals surface area contributed by atoms with Gasteiger partial charge in [-0.15, -0.1) is 0 Å². The molecule has 30 heavy (non-hydrogen) atoms. The summed E-state index contributed by atoms with van der Waals surface area (Å²) >= 11 is 0. The van der Waals surface area contributed by atoms with Crippen LogP contribution in [0.2, 0.25) is 0 Å². The predicted octanol–water partition coefficient (Wildman–Crippen LogP) is 1.25. The molecule has 164 valence electrons. The maximum atomic E-state index is 13.5. The van der Waals surface area contributed by atoms with Gasteiger partial charge in [0.2, 0.25) is 11.8 Å². The minimum absolute atomic E-state index is 0.0529. The predicted molar refractivity (Wildman–Crippen MR) is 114 cm³/mol. The second kappa shape index (κ2) is 8.67. The zero-order valence-electron chi connectivity index (χ0n) is 17.3. The van der Waals surface area contributed by atoms with Crippen LogP contribution in [0, 0.1) is 0 Å². The SMILES string of the molecule is NC(=O)[C@@H]1Cc2ccccc2CN1CC(=O)N(C1CCCCC1)[C@H]1CCS(=O)(=O)C1. The van der Waals surface area contributed by atoms with Gasteiger partial charge in [0.05, 0.1) is 24.1 Å². The van der Waals surface area contributed by atoms with Crippen LogP contribution in [0.1, 0.15) is 49.7 Å². The number of sulfone groups is 1. The van der Waals surface area contributed by atoms with Gasteiger partial charge >= 0.3 is 0 Å². The van der Waals surface area contributed by atoms with Crippen molar-refractivity contribution < 1.29 is 18.0 Å². The zero-order valence-corrected chi connectivity index (χ0v) is 18.1. The minimum Gasteiger partial charge on any atom is -0.368 e. The van der Waals surface area contributed by atoms with Gasteiger partial charge in [0.25, 0.3) is 0 Å². The highest BCUT2D eigenvalue weighted by Gasteiger charge is 2.40. The first-order valence-corrected chi connectivity index (χ1v) is 12.8. The summed E-state index contributed by atoms with van der Waals surface area (Å²) in [5.41, 5.74) is 7.88. The summed E-state index contributed by atoms with van der Waals surface area (Å²) < 4.78 is 24.2. The molecule has 0 spiro atoms. The lowest BCUT2D eigenvalue weighted by Gasteiger charge is -2.41. The van der Waals surface area contributed by atoms with Gasteiger partial charge < -0.3 is 10.6 Å². The van der Waals surface area contributed by atoms with E-state index < -0.39 is 21.8 Å². The van der Waals surface area contributed by atoms with E-state index in [1.165, 1.54) is 0 Å². The van der Waals surface area contributed by atoms with Crippen LogP contribution >= 0.6 is 0 Å². The molecule has 1 saturated heterocycles. The smallest absolute Gasteiger partial charge is 0.237 e. The van der Waals surface area contributed by atoms with Gasteiger partial charge in [-0.1, -0.05) is 43.5 Å². The van der Waals surface area contributed by atoms with Crippen molar-refractivity contribution in [1.29, 1.82) is 0 Å². The van der Waals surface area contributed by atoms with Gasteiger partial charge in [0.15, 0.2) is 9.84 Å². The zero-order chi connectivity index (χ0) is 21.3. The van der Waals surface area contributed by atoms with Gasteiger partial charge in [-0.3, -0.25) is 14.5 Å². The lowest BCUT2D eigenvalue weighted by atomic mass is 9.92. The van der Waals surface area contributed by atoms with Crippen LogP contribution in [0.25, 0.3) is 0 Å². The Labute approximate surface area is 178 Å². The van der Waals surface area contributed by atoms with Crippen molar-refractivity contribution in [3.8, 4) is 0 Å². The van der Waals surface area contributed by atoms with E-state index in [9.17, 15) is 18.0 Å². The van der Waals surface area contributed by atoms with E-state index in [-0.39, 0.29) is 36.0 Å². The second-order valence-electron chi connectivity index (χ2n) is 8.95. The molecule has 4 rings (SSSR count). The molecule has 1 saturated carbocycles. The quantitative estimate of drug-likeness (QED) is 0.753. The lowest BCUT2D eigenvalue weighted by Crippen LogP contribution is -2.56. The third-order valence-electron chi connectivity index (χ3n) is 6.87. The monoisotopic (exact) mass is 433 g/mol. The molecular weight excluding hydrogens is 402 g/mol. The van der Waals surface area contributed by atoms with Crippen LogP contribution in [0.5, 0.6) is 0 Å². The number of rotatable bonds is 5. The average molecular weight is 434 g/mol. The molecule has 2 atom stereocenters. The normalized spacial score (nSPS) is 26.8. The number of hydrogen-bond donors (Lipinski definition) is 1. The van der Waals surface area contributed by atoms with E-state index in [1.54, 1.807) is 0 Å². The number of benzene rings is 1. The van der Waals surface area contributed by atoms with Crippen molar-refractivity contribution in [2.24, 2.45) is 5.73 Å². The van der Waals surface area contributed by atoms with E-state index >= 15 is 0 Å². The molecule has 0 aromatic heterocycles. The summed E-state index contributed by atoms with van der Waals surface area (Å²) in [4.78, 5) is 29.4. The summed E-state index contributed by atoms with van der Waals surface area (Å²) in [5.74, 6) is -0.299. The van der Waals surface area contributed by atoms with E-state index in [1.807, 2.05) is 34.1 Å². The number of primary amides is 1. The van der Waals surface area contributed by atoms with Gasteiger partial charge in [-0.25, -0.2) is 8.42 Å². The van der Waals surface area contributed by atoms with Crippen molar-refractivity contribution in [2.45, 2.75) is 69.6 Å². The van der Waals surface area contributed by atoms with Crippen molar-refractivity contribution >= 4 is 21.7 Å². The van der Waals surface area contributed by atoms with Gasteiger partial charge in [-0.2, -0.15) is 0 Å². The van der Waals surface area contributed by atoms with E-state index in [2.05, 4.69) is 0 Å². The molecule has 0 unspecified atom stereocenters. The average Bonchev–Trinajstić information content (AvgIpc) is 3.07. The molecule has 2 amide bonds. The second-order valence-corrected chi connectivity index (χ2v) is 11.2. The summed E-state index contributed by atoms with van der Waals surface area (Å²) in [7, 11) is -3.09. The lowest BCUT2D eigenvalue weighted by molar-refractivity contribution is -0.139. The molecule has 2 N–H and O–H groups in total. The number of hydrogen-bond acceptors (Lipinski definition) is 5. The van der Waals surface area contributed by atoms with Gasteiger partial charge in [0.1, 0.15) is 0 Å². The van der Waals surface area contributed by atoms with Crippen molar-refractivity contribution in [1.82, 2.24) is 9.80 Å². The molecule has 7 nitrogen and oxygen atoms in total. The van der Waals surface area contributed by atoms with E-state index in [0.29, 0.717) is 19.4 Å². The molecule has 8 heteroatoms. The number of nitrogens with zero attached hydrogens (tertiary/aromatic N) is 2. The van der Waals surface area contributed by atoms with Crippen LogP contribution in [-0.2, 0) is 32.4 Å². The van der Waals surface area contributed by atoms with E-state index in [4.69, 9.17) is 5.73 Å². The number of fused-ring (bicyclic) bond motifs is 1. The van der Waals surface area contributed by atoms with Crippen molar-refractivity contribution in [3.63, 3.8) is 0 Å². The fourth-order valence-corrected chi connectivity index (χ4v) is 7.05. The third-order valence-corrected chi connectivity index (χ3v) is 8.62. The Kier molecular flexibility index (Phi) is 6.16. The topological polar surface area (TPSA) is 101 Å². The Balaban J connectivity index is 1.55. The minimum atomic E-state index is -3.09. The Morgan fingerprint density at radius 3 is 2.37 bits per heavy atom. The van der Waals surface area contributed by atoms with Crippen LogP contribution < -0.4 is 5.73 Å². The molecule has 2 aliphatic heterocycles. The number of carbonyl (C=O) groups is 2. The van der Waals surface area contributed by atoms with E-state index in [0.717, 1.165) is 43.2 Å². The largest absolute Gasteiger partial charge is 0.368 e. The highest BCUT2D eigenvalue weighted by molar-refractivity contribution is 7.91. The summed E-state index contributed by atoms with van der Waals surface area (Å²) in [5, 5.41) is 0. The van der Waals surface area contributed by atoms with Crippen LogP contribution in [0.3, 0.4) is 0 Å². The fourth-order valence-electron chi connectivity index (χ4n) is 5.34. The highest BCUT2D eigenvalue weighted by atomic mass is 32.2. The first-order chi connectivity index (χ1) is 14.3. The van der Waals surface area contributed by atoms with Gasteiger partial charge in [-0.05, 0) is 36.8 Å². The van der Waals surface area contributed by atoms with Crippen LogP contribution in [0.15, 0.2) is 24.3 Å². The summed E-state index contributed by atoms with van der Waals surface area (Å²) in [6.45, 7) is 0.589. The maximum absolute atomic E-state index is 13.5. The molecule has 1 aromatic carbocycles. The highest BCUT2D eigenvalue weighted by Crippen LogP contribution is 2.30. The van der Waals surface area contributed by atoms with Crippen LogP contribution in [0.4, 0.5) is 0 Å². The Morgan fingerprint density at radius 2 is 1.73 bits per heavy atom.